The van der Waals surface area contributed by atoms with Gasteiger partial charge in [-0.15, -0.1) is 0 Å². The zero-order valence-corrected chi connectivity index (χ0v) is 10.5. The van der Waals surface area contributed by atoms with Crippen LogP contribution in [0.5, 0.6) is 0 Å². The molecule has 0 fully saturated rings. The smallest absolute Gasteiger partial charge is 0.306 e. The highest BCUT2D eigenvalue weighted by Gasteiger charge is 2.23. The summed E-state index contributed by atoms with van der Waals surface area (Å²) >= 11 is 0. The highest BCUT2D eigenvalue weighted by Crippen LogP contribution is 2.26. The van der Waals surface area contributed by atoms with Crippen LogP contribution in [-0.4, -0.2) is 19.1 Å². The Kier molecular flexibility index (Phi) is 5.22. The van der Waals surface area contributed by atoms with Crippen molar-refractivity contribution < 1.29 is 18.3 Å². The molecule has 3 nitrogen and oxygen atoms in total. The van der Waals surface area contributed by atoms with Gasteiger partial charge in [0.25, 0.3) is 0 Å². The lowest BCUT2D eigenvalue weighted by Gasteiger charge is -2.22. The van der Waals surface area contributed by atoms with Crippen LogP contribution in [0, 0.1) is 11.6 Å². The largest absolute Gasteiger partial charge is 0.469 e. The number of ether oxygens (including phenoxy) is 1. The first-order valence-corrected chi connectivity index (χ1v) is 5.76. The van der Waals surface area contributed by atoms with Crippen molar-refractivity contribution in [2.24, 2.45) is 5.73 Å². The molecule has 0 aliphatic heterocycles. The number of methoxy groups -OCH3 is 1. The normalized spacial score (nSPS) is 14.1. The first-order chi connectivity index (χ1) is 8.49. The van der Waals surface area contributed by atoms with Crippen molar-refractivity contribution in [3.05, 3.63) is 35.4 Å². The molecular formula is C13H17F2NO2. The van der Waals surface area contributed by atoms with E-state index in [1.807, 2.05) is 6.92 Å². The molecule has 0 saturated carbocycles. The first-order valence-electron chi connectivity index (χ1n) is 5.76. The molecule has 0 bridgehead atoms. The van der Waals surface area contributed by atoms with Gasteiger partial charge in [0, 0.05) is 12.0 Å². The summed E-state index contributed by atoms with van der Waals surface area (Å²) in [7, 11) is 1.28. The van der Waals surface area contributed by atoms with E-state index in [0.717, 1.165) is 12.1 Å². The van der Waals surface area contributed by atoms with E-state index in [9.17, 15) is 13.6 Å². The molecule has 2 unspecified atom stereocenters. The number of rotatable bonds is 5. The zero-order chi connectivity index (χ0) is 13.7. The molecule has 0 radical (unpaired) electrons. The second-order valence-corrected chi connectivity index (χ2v) is 4.13. The van der Waals surface area contributed by atoms with Gasteiger partial charge < -0.3 is 10.5 Å². The number of esters is 1. The minimum absolute atomic E-state index is 0.0522. The summed E-state index contributed by atoms with van der Waals surface area (Å²) in [6.07, 6.45) is 0.678. The number of benzene rings is 1. The quantitative estimate of drug-likeness (QED) is 0.824. The average Bonchev–Trinajstić information content (AvgIpc) is 2.38. The summed E-state index contributed by atoms with van der Waals surface area (Å²) in [5.41, 5.74) is 6.42. The lowest BCUT2D eigenvalue weighted by atomic mass is 9.87. The topological polar surface area (TPSA) is 52.3 Å². The van der Waals surface area contributed by atoms with Gasteiger partial charge in [-0.25, -0.2) is 8.78 Å². The third kappa shape index (κ3) is 3.50. The summed E-state index contributed by atoms with van der Waals surface area (Å²) < 4.78 is 30.7. The number of hydrogen-bond acceptors (Lipinski definition) is 3. The van der Waals surface area contributed by atoms with E-state index in [4.69, 9.17) is 5.73 Å². The molecule has 5 heteroatoms. The Morgan fingerprint density at radius 2 is 2.06 bits per heavy atom. The van der Waals surface area contributed by atoms with Crippen LogP contribution in [0.25, 0.3) is 0 Å². The van der Waals surface area contributed by atoms with Gasteiger partial charge in [0.05, 0.1) is 13.5 Å². The number of hydrogen-bond donors (Lipinski definition) is 1. The third-order valence-corrected chi connectivity index (χ3v) is 2.97. The number of carbonyl (C=O) groups excluding carboxylic acids is 1. The van der Waals surface area contributed by atoms with Crippen LogP contribution in [0.1, 0.15) is 31.2 Å². The molecule has 1 aromatic carbocycles. The number of halogens is 2. The molecule has 0 aromatic heterocycles. The molecule has 0 aliphatic carbocycles. The SMILES string of the molecule is CCC(N)C(CC(=O)OC)c1ccc(F)c(F)c1. The second-order valence-electron chi connectivity index (χ2n) is 4.13. The van der Waals surface area contributed by atoms with Crippen LogP contribution in [0.4, 0.5) is 8.78 Å². The third-order valence-electron chi connectivity index (χ3n) is 2.97. The summed E-state index contributed by atoms with van der Waals surface area (Å²) in [4.78, 5) is 11.3. The standard InChI is InChI=1S/C13H17F2NO2/c1-3-12(16)9(7-13(17)18-2)8-4-5-10(14)11(15)6-8/h4-6,9,12H,3,7,16H2,1-2H3. The van der Waals surface area contributed by atoms with Crippen LogP contribution >= 0.6 is 0 Å². The molecule has 2 atom stereocenters. The van der Waals surface area contributed by atoms with Crippen LogP contribution in [0.15, 0.2) is 18.2 Å². The molecule has 0 saturated heterocycles. The van der Waals surface area contributed by atoms with Gasteiger partial charge in [0.15, 0.2) is 11.6 Å². The molecule has 0 heterocycles. The molecule has 0 aliphatic rings. The lowest BCUT2D eigenvalue weighted by molar-refractivity contribution is -0.141. The van der Waals surface area contributed by atoms with Gasteiger partial charge in [-0.2, -0.15) is 0 Å². The van der Waals surface area contributed by atoms with Gasteiger partial charge in [-0.3, -0.25) is 4.79 Å². The summed E-state index contributed by atoms with van der Waals surface area (Å²) in [5.74, 6) is -2.66. The van der Waals surface area contributed by atoms with Gasteiger partial charge >= 0.3 is 5.97 Å². The van der Waals surface area contributed by atoms with Crippen molar-refractivity contribution in [2.75, 3.05) is 7.11 Å². The van der Waals surface area contributed by atoms with Gasteiger partial charge in [0.1, 0.15) is 0 Å². The summed E-state index contributed by atoms with van der Waals surface area (Å²) in [6.45, 7) is 1.87. The Morgan fingerprint density at radius 1 is 1.39 bits per heavy atom. The molecule has 0 spiro atoms. The Labute approximate surface area is 105 Å². The van der Waals surface area contributed by atoms with Crippen molar-refractivity contribution in [3.63, 3.8) is 0 Å². The fourth-order valence-corrected chi connectivity index (χ4v) is 1.81. The van der Waals surface area contributed by atoms with Crippen molar-refractivity contribution in [2.45, 2.75) is 31.7 Å². The minimum atomic E-state index is -0.939. The van der Waals surface area contributed by atoms with Crippen molar-refractivity contribution in [1.29, 1.82) is 0 Å². The van der Waals surface area contributed by atoms with Crippen LogP contribution < -0.4 is 5.73 Å². The van der Waals surface area contributed by atoms with Crippen LogP contribution in [0.2, 0.25) is 0 Å². The molecular weight excluding hydrogens is 240 g/mol. The van der Waals surface area contributed by atoms with Gasteiger partial charge in [0.2, 0.25) is 0 Å². The monoisotopic (exact) mass is 257 g/mol. The van der Waals surface area contributed by atoms with E-state index in [-0.39, 0.29) is 18.4 Å². The van der Waals surface area contributed by atoms with Crippen molar-refractivity contribution >= 4 is 5.97 Å². The predicted molar refractivity (Wildman–Crippen MR) is 64.0 cm³/mol. The summed E-state index contributed by atoms with van der Waals surface area (Å²) in [5, 5.41) is 0. The van der Waals surface area contributed by atoms with E-state index in [2.05, 4.69) is 4.74 Å². The maximum Gasteiger partial charge on any atom is 0.306 e. The molecule has 1 aromatic rings. The van der Waals surface area contributed by atoms with Crippen LogP contribution in [-0.2, 0) is 9.53 Å². The zero-order valence-electron chi connectivity index (χ0n) is 10.5. The van der Waals surface area contributed by atoms with Gasteiger partial charge in [-0.05, 0) is 24.1 Å². The second kappa shape index (κ2) is 6.44. The van der Waals surface area contributed by atoms with E-state index >= 15 is 0 Å². The fraction of sp³-hybridized carbons (Fsp3) is 0.462. The van der Waals surface area contributed by atoms with Crippen molar-refractivity contribution in [3.8, 4) is 0 Å². The Hall–Kier alpha value is -1.49. The van der Waals surface area contributed by atoms with Crippen molar-refractivity contribution in [1.82, 2.24) is 0 Å². The fourth-order valence-electron chi connectivity index (χ4n) is 1.81. The highest BCUT2D eigenvalue weighted by atomic mass is 19.2. The molecule has 2 N–H and O–H groups in total. The van der Waals surface area contributed by atoms with E-state index in [1.165, 1.54) is 13.2 Å². The van der Waals surface area contributed by atoms with Gasteiger partial charge in [-0.1, -0.05) is 13.0 Å². The minimum Gasteiger partial charge on any atom is -0.469 e. The Balaban J connectivity index is 3.01. The van der Waals surface area contributed by atoms with E-state index in [0.29, 0.717) is 12.0 Å². The predicted octanol–water partition coefficient (Wildman–Crippen LogP) is 2.35. The molecule has 1 rings (SSSR count). The number of nitrogens with two attached hydrogens (primary N) is 1. The molecule has 0 amide bonds. The maximum absolute atomic E-state index is 13.2. The first kappa shape index (κ1) is 14.6. The van der Waals surface area contributed by atoms with E-state index < -0.39 is 17.6 Å². The average molecular weight is 257 g/mol. The Bertz CT molecular complexity index is 423. The van der Waals surface area contributed by atoms with Crippen LogP contribution in [0.3, 0.4) is 0 Å². The summed E-state index contributed by atoms with van der Waals surface area (Å²) in [6, 6.07) is 3.26. The highest BCUT2D eigenvalue weighted by molar-refractivity contribution is 5.70. The maximum atomic E-state index is 13.2. The Morgan fingerprint density at radius 3 is 2.56 bits per heavy atom. The lowest BCUT2D eigenvalue weighted by Crippen LogP contribution is -2.29. The van der Waals surface area contributed by atoms with E-state index in [1.54, 1.807) is 0 Å². The molecule has 100 valence electrons. The molecule has 18 heavy (non-hydrogen) atoms. The number of carbonyl (C=O) groups is 1.